The zero-order valence-electron chi connectivity index (χ0n) is 19.9. The van der Waals surface area contributed by atoms with Crippen molar-refractivity contribution in [2.45, 2.75) is 58.7 Å². The molecule has 0 bridgehead atoms. The highest BCUT2D eigenvalue weighted by molar-refractivity contribution is 6.09. The number of carbonyl (C=O) groups is 3. The molecule has 3 N–H and O–H groups in total. The van der Waals surface area contributed by atoms with E-state index in [-0.39, 0.29) is 23.6 Å². The number of hydrogen-bond donors (Lipinski definition) is 3. The van der Waals surface area contributed by atoms with E-state index in [1.54, 1.807) is 26.2 Å². The highest BCUT2D eigenvalue weighted by atomic mass is 16.2. The van der Waals surface area contributed by atoms with Crippen molar-refractivity contribution in [3.8, 4) is 0 Å². The number of nitrogens with zero attached hydrogens (tertiary/aromatic N) is 2. The topological polar surface area (TPSA) is 103 Å². The zero-order valence-corrected chi connectivity index (χ0v) is 19.9. The molecule has 3 unspecified atom stereocenters. The molecule has 3 amide bonds. The maximum absolute atomic E-state index is 13.8. The Balaban J connectivity index is 1.92. The van der Waals surface area contributed by atoms with Crippen LogP contribution in [-0.2, 0) is 27.2 Å². The smallest absolute Gasteiger partial charge is 0.251 e. The van der Waals surface area contributed by atoms with Crippen molar-refractivity contribution in [3.63, 3.8) is 0 Å². The Labute approximate surface area is 195 Å². The van der Waals surface area contributed by atoms with Crippen LogP contribution in [0.1, 0.15) is 38.8 Å². The lowest BCUT2D eigenvalue weighted by molar-refractivity contribution is -0.130. The molecule has 0 saturated heterocycles. The minimum Gasteiger partial charge on any atom is -0.343 e. The molecule has 0 aliphatic carbocycles. The lowest BCUT2D eigenvalue weighted by atomic mass is 10.0. The molecule has 2 aromatic rings. The van der Waals surface area contributed by atoms with Gasteiger partial charge < -0.3 is 16.0 Å². The molecule has 2 heterocycles. The van der Waals surface area contributed by atoms with Gasteiger partial charge in [-0.2, -0.15) is 0 Å². The van der Waals surface area contributed by atoms with Gasteiger partial charge in [0.05, 0.1) is 6.04 Å². The Kier molecular flexibility index (Phi) is 7.81. The molecule has 8 nitrogen and oxygen atoms in total. The normalized spacial score (nSPS) is 16.8. The van der Waals surface area contributed by atoms with Gasteiger partial charge in [-0.1, -0.05) is 45.0 Å². The van der Waals surface area contributed by atoms with Crippen LogP contribution < -0.4 is 20.9 Å². The second kappa shape index (κ2) is 10.6. The summed E-state index contributed by atoms with van der Waals surface area (Å²) in [5.41, 5.74) is 2.58. The summed E-state index contributed by atoms with van der Waals surface area (Å²) < 4.78 is 0. The molecule has 3 rings (SSSR count). The lowest BCUT2D eigenvalue weighted by Crippen LogP contribution is -2.57. The zero-order chi connectivity index (χ0) is 24.1. The first kappa shape index (κ1) is 24.4. The van der Waals surface area contributed by atoms with Crippen LogP contribution >= 0.6 is 0 Å². The first-order chi connectivity index (χ1) is 15.8. The molecule has 33 heavy (non-hydrogen) atoms. The van der Waals surface area contributed by atoms with Gasteiger partial charge in [-0.25, -0.2) is 4.98 Å². The Hall–Kier alpha value is -3.26. The van der Waals surface area contributed by atoms with Crippen LogP contribution in [0.2, 0.25) is 0 Å². The monoisotopic (exact) mass is 451 g/mol. The van der Waals surface area contributed by atoms with E-state index in [0.29, 0.717) is 12.2 Å². The average Bonchev–Trinajstić information content (AvgIpc) is 3.21. The van der Waals surface area contributed by atoms with Gasteiger partial charge in [0.1, 0.15) is 17.9 Å². The summed E-state index contributed by atoms with van der Waals surface area (Å²) in [7, 11) is 1.69. The molecular weight excluding hydrogens is 418 g/mol. The van der Waals surface area contributed by atoms with E-state index in [4.69, 9.17) is 0 Å². The highest BCUT2D eigenvalue weighted by Gasteiger charge is 2.43. The summed E-state index contributed by atoms with van der Waals surface area (Å²) in [5, 5.41) is 8.74. The van der Waals surface area contributed by atoms with Crippen molar-refractivity contribution in [2.24, 2.45) is 5.92 Å². The second-order valence-electron chi connectivity index (χ2n) is 8.65. The number of benzene rings is 1. The van der Waals surface area contributed by atoms with E-state index < -0.39 is 18.1 Å². The van der Waals surface area contributed by atoms with Gasteiger partial charge in [0.25, 0.3) is 5.91 Å². The fraction of sp³-hybridized carbons (Fsp3) is 0.440. The molecule has 0 spiro atoms. The summed E-state index contributed by atoms with van der Waals surface area (Å²) in [6.07, 6.45) is 2.75. The summed E-state index contributed by atoms with van der Waals surface area (Å²) in [6, 6.07) is 9.31. The number of amides is 3. The first-order valence-corrected chi connectivity index (χ1v) is 11.4. The molecule has 0 saturated carbocycles. The number of para-hydroxylation sites is 1. The molecule has 176 valence electrons. The quantitative estimate of drug-likeness (QED) is 0.571. The van der Waals surface area contributed by atoms with Crippen LogP contribution in [0.5, 0.6) is 0 Å². The minimum absolute atomic E-state index is 0.178. The summed E-state index contributed by atoms with van der Waals surface area (Å²) >= 11 is 0. The maximum Gasteiger partial charge on any atom is 0.251 e. The molecule has 0 fully saturated rings. The predicted octanol–water partition coefficient (Wildman–Crippen LogP) is 2.29. The van der Waals surface area contributed by atoms with Crippen LogP contribution in [0, 0.1) is 5.92 Å². The van der Waals surface area contributed by atoms with E-state index in [9.17, 15) is 14.4 Å². The molecule has 1 aliphatic rings. The van der Waals surface area contributed by atoms with E-state index in [1.807, 2.05) is 51.1 Å². The molecule has 8 heteroatoms. The Morgan fingerprint density at radius 1 is 1.12 bits per heavy atom. The fourth-order valence-electron chi connectivity index (χ4n) is 3.96. The van der Waals surface area contributed by atoms with E-state index in [1.165, 1.54) is 4.90 Å². The number of rotatable bonds is 8. The molecule has 1 aromatic carbocycles. The van der Waals surface area contributed by atoms with Crippen molar-refractivity contribution < 1.29 is 14.4 Å². The summed E-state index contributed by atoms with van der Waals surface area (Å²) in [5.74, 6) is -0.610. The van der Waals surface area contributed by atoms with E-state index >= 15 is 0 Å². The van der Waals surface area contributed by atoms with Crippen molar-refractivity contribution in [1.82, 2.24) is 15.6 Å². The Bertz CT molecular complexity index is 1020. The van der Waals surface area contributed by atoms with Crippen LogP contribution in [0.15, 0.2) is 42.6 Å². The SMILES string of the molecule is CCc1ccccc1NC(=O)C1Cc2cccnc2N1C(=O)C(NC(=O)C(C)NC)C(C)C. The van der Waals surface area contributed by atoms with Crippen molar-refractivity contribution in [1.29, 1.82) is 0 Å². The van der Waals surface area contributed by atoms with Crippen LogP contribution in [0.3, 0.4) is 0 Å². The van der Waals surface area contributed by atoms with Crippen LogP contribution in [-0.4, -0.2) is 47.9 Å². The lowest BCUT2D eigenvalue weighted by Gasteiger charge is -2.31. The molecule has 1 aromatic heterocycles. The minimum atomic E-state index is -0.792. The number of pyridine rings is 1. The Morgan fingerprint density at radius 3 is 2.52 bits per heavy atom. The molecular formula is C25H33N5O3. The number of carbonyl (C=O) groups excluding carboxylic acids is 3. The second-order valence-corrected chi connectivity index (χ2v) is 8.65. The highest BCUT2D eigenvalue weighted by Crippen LogP contribution is 2.32. The maximum atomic E-state index is 13.8. The number of aryl methyl sites for hydroxylation is 1. The standard InChI is InChI=1S/C25H33N5O3/c1-6-17-10-7-8-12-19(17)28-24(32)20-14-18-11-9-13-27-22(18)30(20)25(33)21(15(2)3)29-23(31)16(4)26-5/h7-13,15-16,20-21,26H,6,14H2,1-5H3,(H,28,32)(H,29,31). The third-order valence-electron chi connectivity index (χ3n) is 6.07. The largest absolute Gasteiger partial charge is 0.343 e. The predicted molar refractivity (Wildman–Crippen MR) is 129 cm³/mol. The van der Waals surface area contributed by atoms with Crippen LogP contribution in [0.4, 0.5) is 11.5 Å². The van der Waals surface area contributed by atoms with Crippen molar-refractivity contribution >= 4 is 29.2 Å². The molecule has 3 atom stereocenters. The number of nitrogens with one attached hydrogen (secondary N) is 3. The number of fused-ring (bicyclic) bond motifs is 1. The number of hydrogen-bond acceptors (Lipinski definition) is 5. The van der Waals surface area contributed by atoms with Gasteiger partial charge in [-0.3, -0.25) is 19.3 Å². The summed E-state index contributed by atoms with van der Waals surface area (Å²) in [6.45, 7) is 7.49. The number of likely N-dealkylation sites (N-methyl/N-ethyl adjacent to an activating group) is 1. The van der Waals surface area contributed by atoms with Gasteiger partial charge in [-0.05, 0) is 49.6 Å². The number of aromatic nitrogens is 1. The van der Waals surface area contributed by atoms with Crippen molar-refractivity contribution in [2.75, 3.05) is 17.3 Å². The number of anilines is 2. The Morgan fingerprint density at radius 2 is 1.85 bits per heavy atom. The third-order valence-corrected chi connectivity index (χ3v) is 6.07. The van der Waals surface area contributed by atoms with Gasteiger partial charge in [0, 0.05) is 18.3 Å². The van der Waals surface area contributed by atoms with Gasteiger partial charge in [0.15, 0.2) is 0 Å². The van der Waals surface area contributed by atoms with E-state index in [0.717, 1.165) is 23.2 Å². The molecule has 1 aliphatic heterocycles. The molecule has 0 radical (unpaired) electrons. The van der Waals surface area contributed by atoms with Crippen LogP contribution in [0.25, 0.3) is 0 Å². The van der Waals surface area contributed by atoms with E-state index in [2.05, 4.69) is 20.9 Å². The van der Waals surface area contributed by atoms with Gasteiger partial charge >= 0.3 is 0 Å². The average molecular weight is 452 g/mol. The third kappa shape index (κ3) is 5.22. The van der Waals surface area contributed by atoms with Gasteiger partial charge in [-0.15, -0.1) is 0 Å². The summed E-state index contributed by atoms with van der Waals surface area (Å²) in [4.78, 5) is 45.6. The van der Waals surface area contributed by atoms with Crippen molar-refractivity contribution in [3.05, 3.63) is 53.7 Å². The fourth-order valence-corrected chi connectivity index (χ4v) is 3.96. The van der Waals surface area contributed by atoms with Gasteiger partial charge in [0.2, 0.25) is 11.8 Å². The first-order valence-electron chi connectivity index (χ1n) is 11.4.